The maximum absolute atomic E-state index is 12.4. The Bertz CT molecular complexity index is 1210. The Hall–Kier alpha value is -3.94. The van der Waals surface area contributed by atoms with Gasteiger partial charge in [0.25, 0.3) is 5.56 Å². The largest absolute Gasteiger partial charge is 0.463 e. The summed E-state index contributed by atoms with van der Waals surface area (Å²) < 4.78 is 6.84. The first-order chi connectivity index (χ1) is 14.5. The quantitative estimate of drug-likeness (QED) is 0.508. The molecule has 0 aliphatic heterocycles. The number of benzene rings is 1. The van der Waals surface area contributed by atoms with Crippen molar-refractivity contribution in [2.45, 2.75) is 20.3 Å². The Morgan fingerprint density at radius 3 is 2.63 bits per heavy atom. The van der Waals surface area contributed by atoms with Gasteiger partial charge in [-0.25, -0.2) is 4.98 Å². The molecule has 0 unspecified atom stereocenters. The number of nitrogens with one attached hydrogen (secondary N) is 2. The number of furan rings is 1. The summed E-state index contributed by atoms with van der Waals surface area (Å²) in [6.45, 7) is 3.93. The average Bonchev–Trinajstić information content (AvgIpc) is 3.37. The zero-order valence-corrected chi connectivity index (χ0v) is 16.6. The van der Waals surface area contributed by atoms with Crippen molar-refractivity contribution >= 4 is 11.7 Å². The van der Waals surface area contributed by atoms with Crippen LogP contribution in [0.5, 0.6) is 0 Å². The van der Waals surface area contributed by atoms with Crippen LogP contribution in [-0.4, -0.2) is 25.7 Å². The van der Waals surface area contributed by atoms with Crippen molar-refractivity contribution in [1.29, 1.82) is 0 Å². The first-order valence-electron chi connectivity index (χ1n) is 9.60. The third kappa shape index (κ3) is 4.22. The molecule has 0 spiro atoms. The van der Waals surface area contributed by atoms with Crippen molar-refractivity contribution in [3.63, 3.8) is 0 Å². The molecule has 3 aromatic heterocycles. The molecule has 152 valence electrons. The number of H-pyrrole nitrogens is 1. The molecule has 0 radical (unpaired) electrons. The number of aromatic nitrogens is 4. The highest BCUT2D eigenvalue weighted by Gasteiger charge is 2.18. The van der Waals surface area contributed by atoms with Gasteiger partial charge >= 0.3 is 0 Å². The Labute approximate surface area is 172 Å². The van der Waals surface area contributed by atoms with E-state index < -0.39 is 0 Å². The van der Waals surface area contributed by atoms with E-state index in [2.05, 4.69) is 20.4 Å². The minimum absolute atomic E-state index is 0.154. The predicted molar refractivity (Wildman–Crippen MR) is 113 cm³/mol. The number of hydrogen-bond acceptors (Lipinski definition) is 5. The number of nitrogens with zero attached hydrogens (tertiary/aromatic N) is 3. The molecule has 0 aliphatic rings. The standard InChI is InChI=1S/C22H21N5O3/c1-14(2)11-20(28)24-19-12-17(18-9-6-10-30-18)26-27(19)22-23-16(13-21(29)25-22)15-7-4-3-5-8-15/h3-10,12-14H,11H2,1-2H3,(H,24,28)(H,23,25,29). The molecule has 0 fully saturated rings. The summed E-state index contributed by atoms with van der Waals surface area (Å²) in [5.74, 6) is 1.16. The minimum Gasteiger partial charge on any atom is -0.463 e. The summed E-state index contributed by atoms with van der Waals surface area (Å²) in [6.07, 6.45) is 1.90. The number of carbonyl (C=O) groups is 1. The molecular formula is C22H21N5O3. The van der Waals surface area contributed by atoms with Gasteiger partial charge in [-0.05, 0) is 18.1 Å². The lowest BCUT2D eigenvalue weighted by atomic mass is 10.1. The Kier molecular flexibility index (Phi) is 5.30. The van der Waals surface area contributed by atoms with Crippen LogP contribution in [-0.2, 0) is 4.79 Å². The van der Waals surface area contributed by atoms with Crippen LogP contribution in [0, 0.1) is 5.92 Å². The molecule has 0 bridgehead atoms. The fourth-order valence-electron chi connectivity index (χ4n) is 3.04. The van der Waals surface area contributed by atoms with Gasteiger partial charge in [0.15, 0.2) is 5.76 Å². The van der Waals surface area contributed by atoms with Crippen molar-refractivity contribution < 1.29 is 9.21 Å². The number of rotatable bonds is 6. The molecule has 0 atom stereocenters. The first kappa shape index (κ1) is 19.4. The van der Waals surface area contributed by atoms with Gasteiger partial charge < -0.3 is 9.73 Å². The summed E-state index contributed by atoms with van der Waals surface area (Å²) in [6, 6.07) is 16.0. The molecular weight excluding hydrogens is 382 g/mol. The molecule has 30 heavy (non-hydrogen) atoms. The molecule has 4 rings (SSSR count). The second-order valence-electron chi connectivity index (χ2n) is 7.27. The van der Waals surface area contributed by atoms with Gasteiger partial charge in [-0.3, -0.25) is 14.6 Å². The van der Waals surface area contributed by atoms with Gasteiger partial charge in [0.05, 0.1) is 12.0 Å². The van der Waals surface area contributed by atoms with Gasteiger partial charge in [-0.1, -0.05) is 44.2 Å². The van der Waals surface area contributed by atoms with Gasteiger partial charge in [0.2, 0.25) is 11.9 Å². The fraction of sp³-hybridized carbons (Fsp3) is 0.182. The Balaban J connectivity index is 1.80. The van der Waals surface area contributed by atoms with Crippen LogP contribution in [0.1, 0.15) is 20.3 Å². The summed E-state index contributed by atoms with van der Waals surface area (Å²) in [7, 11) is 0. The molecule has 1 aromatic carbocycles. The number of amides is 1. The SMILES string of the molecule is CC(C)CC(=O)Nc1cc(-c2ccco2)nn1-c1nc(-c2ccccc2)cc(=O)[nH]1. The van der Waals surface area contributed by atoms with Crippen LogP contribution in [0.3, 0.4) is 0 Å². The monoisotopic (exact) mass is 403 g/mol. The number of aromatic amines is 1. The zero-order valence-electron chi connectivity index (χ0n) is 16.6. The summed E-state index contributed by atoms with van der Waals surface area (Å²) in [5.41, 5.74) is 1.48. The molecule has 8 nitrogen and oxygen atoms in total. The smallest absolute Gasteiger partial charge is 0.252 e. The van der Waals surface area contributed by atoms with Gasteiger partial charge in [-0.15, -0.1) is 0 Å². The van der Waals surface area contributed by atoms with E-state index in [-0.39, 0.29) is 23.3 Å². The summed E-state index contributed by atoms with van der Waals surface area (Å²) in [4.78, 5) is 32.0. The van der Waals surface area contributed by atoms with Crippen molar-refractivity contribution in [2.24, 2.45) is 5.92 Å². The highest BCUT2D eigenvalue weighted by molar-refractivity contribution is 5.90. The first-order valence-corrected chi connectivity index (χ1v) is 9.60. The molecule has 1 amide bonds. The lowest BCUT2D eigenvalue weighted by molar-refractivity contribution is -0.116. The molecule has 3 heterocycles. The van der Waals surface area contributed by atoms with E-state index in [0.29, 0.717) is 29.4 Å². The van der Waals surface area contributed by atoms with E-state index >= 15 is 0 Å². The molecule has 0 aliphatic carbocycles. The molecule has 8 heteroatoms. The number of hydrogen-bond donors (Lipinski definition) is 2. The van der Waals surface area contributed by atoms with Crippen LogP contribution in [0.25, 0.3) is 28.7 Å². The summed E-state index contributed by atoms with van der Waals surface area (Å²) >= 11 is 0. The van der Waals surface area contributed by atoms with E-state index in [9.17, 15) is 9.59 Å². The highest BCUT2D eigenvalue weighted by Crippen LogP contribution is 2.25. The average molecular weight is 403 g/mol. The van der Waals surface area contributed by atoms with Gasteiger partial charge in [0, 0.05) is 24.1 Å². The third-order valence-electron chi connectivity index (χ3n) is 4.34. The zero-order chi connectivity index (χ0) is 21.1. The normalized spacial score (nSPS) is 11.0. The van der Waals surface area contributed by atoms with Crippen LogP contribution >= 0.6 is 0 Å². The van der Waals surface area contributed by atoms with Crippen molar-refractivity contribution in [3.8, 4) is 28.7 Å². The van der Waals surface area contributed by atoms with Crippen molar-refractivity contribution in [1.82, 2.24) is 19.7 Å². The maximum atomic E-state index is 12.4. The molecule has 2 N–H and O–H groups in total. The Morgan fingerprint density at radius 2 is 1.93 bits per heavy atom. The van der Waals surface area contributed by atoms with E-state index in [1.807, 2.05) is 44.2 Å². The number of carbonyl (C=O) groups excluding carboxylic acids is 1. The molecule has 0 saturated carbocycles. The molecule has 0 saturated heterocycles. The van der Waals surface area contributed by atoms with Crippen LogP contribution in [0.15, 0.2) is 70.1 Å². The van der Waals surface area contributed by atoms with E-state index in [4.69, 9.17) is 4.42 Å². The second kappa shape index (κ2) is 8.20. The topological polar surface area (TPSA) is 106 Å². The third-order valence-corrected chi connectivity index (χ3v) is 4.34. The van der Waals surface area contributed by atoms with E-state index in [0.717, 1.165) is 5.56 Å². The lowest BCUT2D eigenvalue weighted by Crippen LogP contribution is -2.19. The van der Waals surface area contributed by atoms with Gasteiger partial charge in [-0.2, -0.15) is 9.78 Å². The van der Waals surface area contributed by atoms with Crippen molar-refractivity contribution in [2.75, 3.05) is 5.32 Å². The summed E-state index contributed by atoms with van der Waals surface area (Å²) in [5, 5.41) is 7.37. The maximum Gasteiger partial charge on any atom is 0.252 e. The molecule has 4 aromatic rings. The van der Waals surface area contributed by atoms with Crippen LogP contribution in [0.4, 0.5) is 5.82 Å². The predicted octanol–water partition coefficient (Wildman–Crippen LogP) is 3.87. The fourth-order valence-corrected chi connectivity index (χ4v) is 3.04. The number of anilines is 1. The highest BCUT2D eigenvalue weighted by atomic mass is 16.3. The minimum atomic E-state index is -0.326. The lowest BCUT2D eigenvalue weighted by Gasteiger charge is -2.10. The Morgan fingerprint density at radius 1 is 1.13 bits per heavy atom. The van der Waals surface area contributed by atoms with Crippen LogP contribution < -0.4 is 10.9 Å². The van der Waals surface area contributed by atoms with E-state index in [1.165, 1.54) is 10.7 Å². The second-order valence-corrected chi connectivity index (χ2v) is 7.27. The van der Waals surface area contributed by atoms with E-state index in [1.54, 1.807) is 24.5 Å². The van der Waals surface area contributed by atoms with Crippen LogP contribution in [0.2, 0.25) is 0 Å². The van der Waals surface area contributed by atoms with Gasteiger partial charge in [0.1, 0.15) is 11.5 Å². The van der Waals surface area contributed by atoms with Crippen molar-refractivity contribution in [3.05, 3.63) is 71.2 Å².